The van der Waals surface area contributed by atoms with Gasteiger partial charge in [-0.05, 0) is 45.7 Å². The molecule has 0 spiro atoms. The summed E-state index contributed by atoms with van der Waals surface area (Å²) in [6.45, 7) is 2.98. The Morgan fingerprint density at radius 3 is 2.65 bits per heavy atom. The van der Waals surface area contributed by atoms with E-state index in [0.717, 1.165) is 38.6 Å². The first-order chi connectivity index (χ1) is 9.32. The molecule has 0 heterocycles. The molecule has 1 saturated carbocycles. The van der Waals surface area contributed by atoms with E-state index in [1.807, 2.05) is 0 Å². The van der Waals surface area contributed by atoms with E-state index in [4.69, 9.17) is 0 Å². The van der Waals surface area contributed by atoms with Crippen molar-refractivity contribution in [3.8, 4) is 0 Å². The Morgan fingerprint density at radius 1 is 1.40 bits per heavy atom. The molecule has 0 radical (unpaired) electrons. The fourth-order valence-electron chi connectivity index (χ4n) is 2.94. The molecule has 1 rings (SSSR count). The molecule has 0 aromatic rings. The lowest BCUT2D eigenvalue weighted by molar-refractivity contribution is -0.138. The van der Waals surface area contributed by atoms with Gasteiger partial charge in [0.2, 0.25) is 0 Å². The van der Waals surface area contributed by atoms with Crippen LogP contribution in [0.3, 0.4) is 0 Å². The molecule has 0 aromatic carbocycles. The minimum absolute atomic E-state index is 0.0312. The fraction of sp³-hybridized carbons (Fsp3) is 1.00. The van der Waals surface area contributed by atoms with E-state index in [0.29, 0.717) is 0 Å². The predicted molar refractivity (Wildman–Crippen MR) is 73.7 cm³/mol. The van der Waals surface area contributed by atoms with Crippen LogP contribution < -0.4 is 5.32 Å². The Hall–Kier alpha value is -0.330. The van der Waals surface area contributed by atoms with Crippen molar-refractivity contribution in [1.29, 1.82) is 0 Å². The van der Waals surface area contributed by atoms with Gasteiger partial charge < -0.3 is 15.3 Å². The normalized spacial score (nSPS) is 28.1. The number of hydrogen-bond donors (Lipinski definition) is 2. The van der Waals surface area contributed by atoms with Crippen molar-refractivity contribution in [2.45, 2.75) is 63.2 Å². The molecule has 0 aliphatic heterocycles. The first-order valence-corrected chi connectivity index (χ1v) is 7.45. The van der Waals surface area contributed by atoms with Gasteiger partial charge in [0.25, 0.3) is 0 Å². The number of nitrogens with zero attached hydrogens (tertiary/aromatic N) is 1. The molecule has 1 aliphatic carbocycles. The maximum atomic E-state index is 12.3. The molecule has 2 unspecified atom stereocenters. The van der Waals surface area contributed by atoms with E-state index < -0.39 is 12.6 Å². The van der Waals surface area contributed by atoms with Gasteiger partial charge in [0, 0.05) is 18.1 Å². The van der Waals surface area contributed by atoms with E-state index in [1.165, 1.54) is 0 Å². The molecule has 2 atom stereocenters. The Balaban J connectivity index is 2.53. The molecule has 0 amide bonds. The third kappa shape index (κ3) is 5.58. The van der Waals surface area contributed by atoms with Crippen molar-refractivity contribution in [3.63, 3.8) is 0 Å². The molecule has 3 nitrogen and oxygen atoms in total. The van der Waals surface area contributed by atoms with Gasteiger partial charge in [0.1, 0.15) is 0 Å². The van der Waals surface area contributed by atoms with Crippen LogP contribution in [0.5, 0.6) is 0 Å². The highest BCUT2D eigenvalue weighted by atomic mass is 19.4. The van der Waals surface area contributed by atoms with Crippen molar-refractivity contribution in [2.75, 3.05) is 26.7 Å². The summed E-state index contributed by atoms with van der Waals surface area (Å²) in [5.74, 6) is 0. The van der Waals surface area contributed by atoms with Crippen molar-refractivity contribution >= 4 is 0 Å². The fourth-order valence-corrected chi connectivity index (χ4v) is 2.94. The van der Waals surface area contributed by atoms with Crippen LogP contribution >= 0.6 is 0 Å². The Morgan fingerprint density at radius 2 is 2.10 bits per heavy atom. The minimum atomic E-state index is -4.10. The maximum Gasteiger partial charge on any atom is 0.390 e. The molecule has 120 valence electrons. The van der Waals surface area contributed by atoms with Crippen molar-refractivity contribution in [3.05, 3.63) is 0 Å². The monoisotopic (exact) mass is 296 g/mol. The van der Waals surface area contributed by atoms with Gasteiger partial charge in [-0.25, -0.2) is 0 Å². The van der Waals surface area contributed by atoms with Gasteiger partial charge in [-0.2, -0.15) is 13.2 Å². The summed E-state index contributed by atoms with van der Waals surface area (Å²) in [6.07, 6.45) is -0.421. The number of nitrogens with one attached hydrogen (secondary N) is 1. The summed E-state index contributed by atoms with van der Waals surface area (Å²) in [5, 5.41) is 13.1. The van der Waals surface area contributed by atoms with E-state index >= 15 is 0 Å². The van der Waals surface area contributed by atoms with E-state index in [9.17, 15) is 18.3 Å². The second-order valence-corrected chi connectivity index (χ2v) is 5.96. The second kappa shape index (κ2) is 7.61. The van der Waals surface area contributed by atoms with Gasteiger partial charge in [0.05, 0.1) is 13.0 Å². The summed E-state index contributed by atoms with van der Waals surface area (Å²) >= 11 is 0. The van der Waals surface area contributed by atoms with Crippen LogP contribution in [0.15, 0.2) is 0 Å². The van der Waals surface area contributed by atoms with E-state index in [1.54, 1.807) is 11.9 Å². The lowest BCUT2D eigenvalue weighted by Crippen LogP contribution is -2.55. The van der Waals surface area contributed by atoms with Crippen LogP contribution in [0.2, 0.25) is 0 Å². The SMILES string of the molecule is CCCNC1(CO)CCCC(N(C)CCC(F)(F)F)C1. The summed E-state index contributed by atoms with van der Waals surface area (Å²) in [7, 11) is 1.75. The quantitative estimate of drug-likeness (QED) is 0.758. The average Bonchev–Trinajstić information content (AvgIpc) is 2.42. The van der Waals surface area contributed by atoms with Gasteiger partial charge >= 0.3 is 6.18 Å². The summed E-state index contributed by atoms with van der Waals surface area (Å²) in [4.78, 5) is 1.80. The molecule has 20 heavy (non-hydrogen) atoms. The van der Waals surface area contributed by atoms with Crippen LogP contribution in [0.4, 0.5) is 13.2 Å². The summed E-state index contributed by atoms with van der Waals surface area (Å²) in [5.41, 5.74) is -0.314. The van der Waals surface area contributed by atoms with Crippen LogP contribution in [-0.4, -0.2) is 54.5 Å². The molecule has 1 fully saturated rings. The van der Waals surface area contributed by atoms with Crippen LogP contribution in [0.1, 0.15) is 45.4 Å². The molecular weight excluding hydrogens is 269 g/mol. The number of rotatable bonds is 7. The second-order valence-electron chi connectivity index (χ2n) is 5.96. The number of hydrogen-bond acceptors (Lipinski definition) is 3. The highest BCUT2D eigenvalue weighted by molar-refractivity contribution is 4.96. The average molecular weight is 296 g/mol. The summed E-state index contributed by atoms with van der Waals surface area (Å²) < 4.78 is 36.9. The zero-order valence-corrected chi connectivity index (χ0v) is 12.5. The van der Waals surface area contributed by atoms with E-state index in [2.05, 4.69) is 12.2 Å². The molecule has 0 aromatic heterocycles. The Bertz CT molecular complexity index is 286. The standard InChI is InChI=1S/C14H27F3N2O/c1-3-8-18-13(11-20)6-4-5-12(10-13)19(2)9-7-14(15,16)17/h12,18,20H,3-11H2,1-2H3. The number of aliphatic hydroxyl groups is 1. The molecular formula is C14H27F3N2O. The Labute approximate surface area is 119 Å². The smallest absolute Gasteiger partial charge is 0.390 e. The topological polar surface area (TPSA) is 35.5 Å². The van der Waals surface area contributed by atoms with Crippen molar-refractivity contribution in [2.24, 2.45) is 0 Å². The first-order valence-electron chi connectivity index (χ1n) is 7.45. The molecule has 0 saturated heterocycles. The zero-order chi connectivity index (χ0) is 15.2. The van der Waals surface area contributed by atoms with Gasteiger partial charge in [-0.1, -0.05) is 6.92 Å². The van der Waals surface area contributed by atoms with Crippen LogP contribution in [0, 0.1) is 0 Å². The maximum absolute atomic E-state index is 12.3. The largest absolute Gasteiger partial charge is 0.394 e. The molecule has 2 N–H and O–H groups in total. The van der Waals surface area contributed by atoms with Gasteiger partial charge in [-0.15, -0.1) is 0 Å². The third-order valence-electron chi connectivity index (χ3n) is 4.24. The van der Waals surface area contributed by atoms with Crippen LogP contribution in [-0.2, 0) is 0 Å². The van der Waals surface area contributed by atoms with Crippen molar-refractivity contribution in [1.82, 2.24) is 10.2 Å². The summed E-state index contributed by atoms with van der Waals surface area (Å²) in [6, 6.07) is 0.114. The third-order valence-corrected chi connectivity index (χ3v) is 4.24. The molecule has 6 heteroatoms. The predicted octanol–water partition coefficient (Wildman–Crippen LogP) is 2.54. The number of halogens is 3. The van der Waals surface area contributed by atoms with Crippen LogP contribution in [0.25, 0.3) is 0 Å². The highest BCUT2D eigenvalue weighted by Gasteiger charge is 2.37. The number of alkyl halides is 3. The van der Waals surface area contributed by atoms with Crippen molar-refractivity contribution < 1.29 is 18.3 Å². The van der Waals surface area contributed by atoms with E-state index in [-0.39, 0.29) is 24.7 Å². The first kappa shape index (κ1) is 17.7. The Kier molecular flexibility index (Phi) is 6.75. The van der Waals surface area contributed by atoms with Gasteiger partial charge in [0.15, 0.2) is 0 Å². The van der Waals surface area contributed by atoms with Gasteiger partial charge in [-0.3, -0.25) is 0 Å². The molecule has 0 bridgehead atoms. The molecule has 1 aliphatic rings. The zero-order valence-electron chi connectivity index (χ0n) is 12.5. The lowest BCUT2D eigenvalue weighted by atomic mass is 9.78. The minimum Gasteiger partial charge on any atom is -0.394 e. The number of aliphatic hydroxyl groups excluding tert-OH is 1. The highest BCUT2D eigenvalue weighted by Crippen LogP contribution is 2.31. The lowest BCUT2D eigenvalue weighted by Gasteiger charge is -2.43.